The first-order valence-electron chi connectivity index (χ1n) is 8.27. The smallest absolute Gasteiger partial charge is 0.276 e. The molecule has 25 heavy (non-hydrogen) atoms. The van der Waals surface area contributed by atoms with Crippen molar-refractivity contribution < 1.29 is 19.2 Å². The van der Waals surface area contributed by atoms with Crippen LogP contribution in [0.25, 0.3) is 0 Å². The second kappa shape index (κ2) is 7.07. The number of amides is 5. The number of barbiturate groups is 1. The number of halogens is 1. The Morgan fingerprint density at radius 1 is 1.12 bits per heavy atom. The molecule has 5 amide bonds. The molecule has 134 valence electrons. The number of hydrogen-bond donors (Lipinski definition) is 1. The largest absolute Gasteiger partial charge is 0.337 e. The maximum Gasteiger partial charge on any atom is 0.337 e. The van der Waals surface area contributed by atoms with Crippen molar-refractivity contribution in [3.05, 3.63) is 35.9 Å². The summed E-state index contributed by atoms with van der Waals surface area (Å²) >= 11 is 3.36. The van der Waals surface area contributed by atoms with Crippen LogP contribution in [0, 0.1) is 0 Å². The van der Waals surface area contributed by atoms with E-state index in [1.54, 1.807) is 51.1 Å². The van der Waals surface area contributed by atoms with Gasteiger partial charge in [-0.2, -0.15) is 4.90 Å². The molecule has 1 saturated heterocycles. The van der Waals surface area contributed by atoms with Gasteiger partial charge in [-0.25, -0.2) is 4.79 Å². The highest BCUT2D eigenvalue weighted by molar-refractivity contribution is 9.10. The molecule has 0 spiro atoms. The zero-order valence-corrected chi connectivity index (χ0v) is 16.1. The number of alkyl halides is 1. The zero-order valence-electron chi connectivity index (χ0n) is 14.5. The number of hydrogen-bond acceptors (Lipinski definition) is 4. The van der Waals surface area contributed by atoms with Crippen molar-refractivity contribution in [2.24, 2.45) is 0 Å². The minimum atomic E-state index is -1.60. The molecule has 0 radical (unpaired) electrons. The lowest BCUT2D eigenvalue weighted by Crippen LogP contribution is -2.69. The van der Waals surface area contributed by atoms with E-state index in [4.69, 9.17) is 0 Å². The molecule has 0 aliphatic carbocycles. The lowest BCUT2D eigenvalue weighted by molar-refractivity contribution is -0.152. The summed E-state index contributed by atoms with van der Waals surface area (Å²) in [5.74, 6) is -2.15. The maximum absolute atomic E-state index is 13.2. The average Bonchev–Trinajstić information content (AvgIpc) is 2.62. The summed E-state index contributed by atoms with van der Waals surface area (Å²) in [4.78, 5) is 51.7. The summed E-state index contributed by atoms with van der Waals surface area (Å²) in [7, 11) is 0. The number of carbonyl (C=O) groups is 4. The Hall–Kier alpha value is -2.02. The molecule has 6 nitrogen and oxygen atoms in total. The molecular weight excluding hydrogens is 388 g/mol. The molecule has 1 heterocycles. The number of nitrogens with zero attached hydrogens (tertiary/aromatic N) is 1. The molecule has 1 aliphatic rings. The van der Waals surface area contributed by atoms with Gasteiger partial charge in [0.1, 0.15) is 4.32 Å². The predicted molar refractivity (Wildman–Crippen MR) is 96.0 cm³/mol. The molecule has 0 aromatic heterocycles. The molecule has 7 heteroatoms. The fraction of sp³-hybridized carbons (Fsp3) is 0.444. The summed E-state index contributed by atoms with van der Waals surface area (Å²) < 4.78 is -1.03. The van der Waals surface area contributed by atoms with Crippen molar-refractivity contribution in [3.8, 4) is 0 Å². The summed E-state index contributed by atoms with van der Waals surface area (Å²) in [6.45, 7) is 5.26. The third-order valence-electron chi connectivity index (χ3n) is 4.88. The van der Waals surface area contributed by atoms with E-state index >= 15 is 0 Å². The number of benzene rings is 1. The van der Waals surface area contributed by atoms with Gasteiger partial charge < -0.3 is 0 Å². The number of imide groups is 4. The lowest BCUT2D eigenvalue weighted by Gasteiger charge is -2.40. The van der Waals surface area contributed by atoms with E-state index in [0.717, 1.165) is 0 Å². The van der Waals surface area contributed by atoms with E-state index in [9.17, 15) is 19.2 Å². The summed E-state index contributed by atoms with van der Waals surface area (Å²) in [6.07, 6.45) is 0.932. The Kier molecular flexibility index (Phi) is 5.46. The molecule has 1 atom stereocenters. The van der Waals surface area contributed by atoms with Crippen molar-refractivity contribution in [1.82, 2.24) is 10.2 Å². The van der Waals surface area contributed by atoms with Gasteiger partial charge >= 0.3 is 6.03 Å². The van der Waals surface area contributed by atoms with Gasteiger partial charge in [0.25, 0.3) is 11.8 Å². The van der Waals surface area contributed by atoms with Gasteiger partial charge in [-0.05, 0) is 24.8 Å². The van der Waals surface area contributed by atoms with Crippen LogP contribution in [0.1, 0.15) is 45.6 Å². The number of rotatable bonds is 5. The SMILES string of the molecule is CCC(Br)(CC)C(=O)N1C(=O)NC(=O)C(CC)(c2ccccc2)C1=O. The van der Waals surface area contributed by atoms with Gasteiger partial charge in [-0.3, -0.25) is 19.7 Å². The molecule has 1 N–H and O–H groups in total. The van der Waals surface area contributed by atoms with E-state index in [2.05, 4.69) is 21.2 Å². The molecule has 1 unspecified atom stereocenters. The van der Waals surface area contributed by atoms with E-state index in [1.807, 2.05) is 0 Å². The third kappa shape index (κ3) is 2.90. The molecule has 1 fully saturated rings. The second-order valence-corrected chi connectivity index (χ2v) is 7.52. The Morgan fingerprint density at radius 3 is 2.16 bits per heavy atom. The van der Waals surface area contributed by atoms with Gasteiger partial charge in [-0.15, -0.1) is 0 Å². The lowest BCUT2D eigenvalue weighted by atomic mass is 9.74. The van der Waals surface area contributed by atoms with Crippen LogP contribution in [0.5, 0.6) is 0 Å². The van der Waals surface area contributed by atoms with Crippen LogP contribution < -0.4 is 5.32 Å². The first-order valence-corrected chi connectivity index (χ1v) is 9.06. The molecule has 1 aliphatic heterocycles. The molecule has 0 saturated carbocycles. The average molecular weight is 409 g/mol. The first kappa shape index (κ1) is 19.3. The topological polar surface area (TPSA) is 83.6 Å². The van der Waals surface area contributed by atoms with E-state index in [1.165, 1.54) is 0 Å². The predicted octanol–water partition coefficient (Wildman–Crippen LogP) is 2.89. The molecule has 2 rings (SSSR count). The highest BCUT2D eigenvalue weighted by Crippen LogP contribution is 2.36. The monoisotopic (exact) mass is 408 g/mol. The van der Waals surface area contributed by atoms with Crippen molar-refractivity contribution in [1.29, 1.82) is 0 Å². The van der Waals surface area contributed by atoms with Crippen LogP contribution in [0.3, 0.4) is 0 Å². The highest BCUT2D eigenvalue weighted by Gasteiger charge is 2.57. The number of urea groups is 1. The van der Waals surface area contributed by atoms with Crippen LogP contribution in [0.4, 0.5) is 4.79 Å². The van der Waals surface area contributed by atoms with Gasteiger partial charge in [0.2, 0.25) is 5.91 Å². The number of carbonyl (C=O) groups excluding carboxylic acids is 4. The Balaban J connectivity index is 2.58. The van der Waals surface area contributed by atoms with Crippen LogP contribution >= 0.6 is 15.9 Å². The van der Waals surface area contributed by atoms with Crippen molar-refractivity contribution >= 4 is 39.7 Å². The normalized spacial score (nSPS) is 21.3. The standard InChI is InChI=1S/C18H21BrN2O4/c1-4-17(19,5-2)14(23)21-15(24)18(6-3,13(22)20-16(21)25)12-10-8-7-9-11-12/h7-11H,4-6H2,1-3H3,(H,20,22,25). The van der Waals surface area contributed by atoms with Gasteiger partial charge in [0.15, 0.2) is 5.41 Å². The van der Waals surface area contributed by atoms with Crippen molar-refractivity contribution in [2.75, 3.05) is 0 Å². The highest BCUT2D eigenvalue weighted by atomic mass is 79.9. The van der Waals surface area contributed by atoms with Gasteiger partial charge in [0, 0.05) is 0 Å². The van der Waals surface area contributed by atoms with Crippen LogP contribution in [-0.4, -0.2) is 33.0 Å². The fourth-order valence-corrected chi connectivity index (χ4v) is 3.25. The molecule has 1 aromatic carbocycles. The Morgan fingerprint density at radius 2 is 1.68 bits per heavy atom. The van der Waals surface area contributed by atoms with Crippen LogP contribution in [0.2, 0.25) is 0 Å². The van der Waals surface area contributed by atoms with Gasteiger partial charge in [0.05, 0.1) is 0 Å². The Labute approximate surface area is 155 Å². The summed E-state index contributed by atoms with van der Waals surface area (Å²) in [6, 6.07) is 7.50. The number of nitrogens with one attached hydrogen (secondary N) is 1. The third-order valence-corrected chi connectivity index (χ3v) is 6.34. The Bertz CT molecular complexity index is 715. The van der Waals surface area contributed by atoms with Crippen molar-refractivity contribution in [3.63, 3.8) is 0 Å². The summed E-state index contributed by atoms with van der Waals surface area (Å²) in [5.41, 5.74) is -1.14. The van der Waals surface area contributed by atoms with Crippen molar-refractivity contribution in [2.45, 2.75) is 49.8 Å². The van der Waals surface area contributed by atoms with E-state index < -0.39 is 33.5 Å². The van der Waals surface area contributed by atoms with Crippen LogP contribution in [-0.2, 0) is 19.8 Å². The molecule has 0 bridgehead atoms. The van der Waals surface area contributed by atoms with E-state index in [0.29, 0.717) is 23.3 Å². The molecular formula is C18H21BrN2O4. The maximum atomic E-state index is 13.2. The summed E-state index contributed by atoms with van der Waals surface area (Å²) in [5, 5.41) is 2.19. The zero-order chi connectivity index (χ0) is 18.8. The molecule has 1 aromatic rings. The first-order chi connectivity index (χ1) is 11.8. The quantitative estimate of drug-likeness (QED) is 0.599. The minimum Gasteiger partial charge on any atom is -0.276 e. The van der Waals surface area contributed by atoms with E-state index in [-0.39, 0.29) is 6.42 Å². The van der Waals surface area contributed by atoms with Crippen LogP contribution in [0.15, 0.2) is 30.3 Å². The minimum absolute atomic E-state index is 0.131. The second-order valence-electron chi connectivity index (χ2n) is 6.00. The fourth-order valence-electron chi connectivity index (χ4n) is 3.07. The van der Waals surface area contributed by atoms with Gasteiger partial charge in [-0.1, -0.05) is 67.0 Å².